The molecule has 1 heterocycles. The van der Waals surface area contributed by atoms with E-state index in [-0.39, 0.29) is 19.1 Å². The molecule has 0 radical (unpaired) electrons. The SMILES string of the molecule is CC(C)(CO)Nc1cc2c(cc1N)OCC(=O)N2. The molecule has 0 atom stereocenters. The van der Waals surface area contributed by atoms with Crippen molar-refractivity contribution in [3.05, 3.63) is 12.1 Å². The Bertz CT molecular complexity index is 486. The van der Waals surface area contributed by atoms with Crippen LogP contribution in [0.1, 0.15) is 13.8 Å². The van der Waals surface area contributed by atoms with Crippen molar-refractivity contribution < 1.29 is 14.6 Å². The molecule has 6 nitrogen and oxygen atoms in total. The Morgan fingerprint density at radius 3 is 2.94 bits per heavy atom. The Kier molecular flexibility index (Phi) is 3.04. The number of carbonyl (C=O) groups excluding carboxylic acids is 1. The number of hydrogen-bond donors (Lipinski definition) is 4. The first kappa shape index (κ1) is 12.5. The Hall–Kier alpha value is -1.95. The second-order valence-corrected chi connectivity index (χ2v) is 4.94. The Morgan fingerprint density at radius 2 is 2.28 bits per heavy atom. The minimum absolute atomic E-state index is 0.00134. The summed E-state index contributed by atoms with van der Waals surface area (Å²) in [6.45, 7) is 3.66. The number of ether oxygens (including phenoxy) is 1. The van der Waals surface area contributed by atoms with Gasteiger partial charge in [-0.15, -0.1) is 0 Å². The number of carbonyl (C=O) groups is 1. The minimum atomic E-state index is -0.498. The summed E-state index contributed by atoms with van der Waals surface area (Å²) in [5, 5.41) is 15.1. The highest BCUT2D eigenvalue weighted by molar-refractivity contribution is 5.97. The van der Waals surface area contributed by atoms with Gasteiger partial charge in [-0.25, -0.2) is 0 Å². The number of nitrogens with two attached hydrogens (primary N) is 1. The molecule has 0 unspecified atom stereocenters. The van der Waals surface area contributed by atoms with Gasteiger partial charge in [-0.1, -0.05) is 0 Å². The molecule has 2 rings (SSSR count). The quantitative estimate of drug-likeness (QED) is 0.595. The molecule has 0 fully saturated rings. The maximum Gasteiger partial charge on any atom is 0.262 e. The van der Waals surface area contributed by atoms with E-state index in [1.807, 2.05) is 13.8 Å². The number of benzene rings is 1. The van der Waals surface area contributed by atoms with Crippen molar-refractivity contribution in [2.24, 2.45) is 0 Å². The number of amides is 1. The van der Waals surface area contributed by atoms with Crippen LogP contribution < -0.4 is 21.1 Å². The van der Waals surface area contributed by atoms with Gasteiger partial charge in [0.1, 0.15) is 5.75 Å². The number of rotatable bonds is 3. The van der Waals surface area contributed by atoms with E-state index in [0.717, 1.165) is 0 Å². The molecule has 0 saturated heterocycles. The van der Waals surface area contributed by atoms with Crippen molar-refractivity contribution in [2.45, 2.75) is 19.4 Å². The highest BCUT2D eigenvalue weighted by atomic mass is 16.5. The molecular formula is C12H17N3O3. The van der Waals surface area contributed by atoms with Gasteiger partial charge in [0.25, 0.3) is 5.91 Å². The van der Waals surface area contributed by atoms with E-state index in [4.69, 9.17) is 10.5 Å². The van der Waals surface area contributed by atoms with Gasteiger partial charge in [0.2, 0.25) is 0 Å². The summed E-state index contributed by atoms with van der Waals surface area (Å²) in [5.74, 6) is 0.360. The van der Waals surface area contributed by atoms with Crippen molar-refractivity contribution in [1.82, 2.24) is 0 Å². The molecule has 5 N–H and O–H groups in total. The number of aliphatic hydroxyl groups is 1. The molecule has 1 aromatic rings. The zero-order chi connectivity index (χ0) is 13.3. The molecule has 18 heavy (non-hydrogen) atoms. The fourth-order valence-corrected chi connectivity index (χ4v) is 1.65. The first-order valence-electron chi connectivity index (χ1n) is 5.66. The largest absolute Gasteiger partial charge is 0.482 e. The molecule has 1 aromatic carbocycles. The van der Waals surface area contributed by atoms with Crippen LogP contribution in [0.25, 0.3) is 0 Å². The lowest BCUT2D eigenvalue weighted by molar-refractivity contribution is -0.118. The number of nitrogen functional groups attached to an aromatic ring is 1. The number of fused-ring (bicyclic) bond motifs is 1. The summed E-state index contributed by atoms with van der Waals surface area (Å²) in [7, 11) is 0. The van der Waals surface area contributed by atoms with Gasteiger partial charge in [0.05, 0.1) is 29.2 Å². The van der Waals surface area contributed by atoms with E-state index in [0.29, 0.717) is 22.8 Å². The Labute approximate surface area is 105 Å². The van der Waals surface area contributed by atoms with Crippen molar-refractivity contribution in [3.63, 3.8) is 0 Å². The van der Waals surface area contributed by atoms with Crippen LogP contribution in [-0.2, 0) is 4.79 Å². The number of hydrogen-bond acceptors (Lipinski definition) is 5. The van der Waals surface area contributed by atoms with Gasteiger partial charge in [0, 0.05) is 6.07 Å². The van der Waals surface area contributed by atoms with Crippen LogP contribution in [-0.4, -0.2) is 29.8 Å². The average molecular weight is 251 g/mol. The lowest BCUT2D eigenvalue weighted by Crippen LogP contribution is -2.35. The minimum Gasteiger partial charge on any atom is -0.482 e. The van der Waals surface area contributed by atoms with Crippen LogP contribution in [0.5, 0.6) is 5.75 Å². The first-order chi connectivity index (χ1) is 8.41. The molecule has 0 saturated carbocycles. The van der Waals surface area contributed by atoms with Gasteiger partial charge < -0.3 is 26.2 Å². The van der Waals surface area contributed by atoms with Crippen molar-refractivity contribution in [2.75, 3.05) is 29.6 Å². The van der Waals surface area contributed by atoms with Gasteiger partial charge in [-0.05, 0) is 19.9 Å². The molecule has 0 bridgehead atoms. The molecule has 0 aromatic heterocycles. The van der Waals surface area contributed by atoms with Gasteiger partial charge in [-0.2, -0.15) is 0 Å². The van der Waals surface area contributed by atoms with Crippen LogP contribution in [0.2, 0.25) is 0 Å². The van der Waals surface area contributed by atoms with Gasteiger partial charge in [0.15, 0.2) is 6.61 Å². The summed E-state index contributed by atoms with van der Waals surface area (Å²) in [6, 6.07) is 3.36. The van der Waals surface area contributed by atoms with Crippen molar-refractivity contribution in [3.8, 4) is 5.75 Å². The maximum atomic E-state index is 11.2. The molecule has 1 aliphatic rings. The van der Waals surface area contributed by atoms with E-state index in [9.17, 15) is 9.90 Å². The monoisotopic (exact) mass is 251 g/mol. The van der Waals surface area contributed by atoms with Crippen molar-refractivity contribution in [1.29, 1.82) is 0 Å². The van der Waals surface area contributed by atoms with E-state index < -0.39 is 5.54 Å². The van der Waals surface area contributed by atoms with Crippen molar-refractivity contribution >= 4 is 23.0 Å². The Morgan fingerprint density at radius 1 is 1.56 bits per heavy atom. The third kappa shape index (κ3) is 2.48. The summed E-state index contributed by atoms with van der Waals surface area (Å²) in [6.07, 6.45) is 0. The third-order valence-electron chi connectivity index (χ3n) is 2.65. The number of aliphatic hydroxyl groups excluding tert-OH is 1. The van der Waals surface area contributed by atoms with Gasteiger partial charge in [-0.3, -0.25) is 4.79 Å². The summed E-state index contributed by atoms with van der Waals surface area (Å²) in [5.41, 5.74) is 7.14. The third-order valence-corrected chi connectivity index (χ3v) is 2.65. The summed E-state index contributed by atoms with van der Waals surface area (Å²) < 4.78 is 5.26. The fourth-order valence-electron chi connectivity index (χ4n) is 1.65. The molecule has 6 heteroatoms. The van der Waals surface area contributed by atoms with Crippen LogP contribution in [0, 0.1) is 0 Å². The predicted octanol–water partition coefficient (Wildman–Crippen LogP) is 0.782. The van der Waals surface area contributed by atoms with E-state index in [1.165, 1.54) is 0 Å². The van der Waals surface area contributed by atoms with E-state index in [1.54, 1.807) is 12.1 Å². The topological polar surface area (TPSA) is 96.6 Å². The zero-order valence-electron chi connectivity index (χ0n) is 10.4. The van der Waals surface area contributed by atoms with Crippen LogP contribution in [0.15, 0.2) is 12.1 Å². The zero-order valence-corrected chi connectivity index (χ0v) is 10.4. The fraction of sp³-hybridized carbons (Fsp3) is 0.417. The molecular weight excluding hydrogens is 234 g/mol. The number of nitrogens with one attached hydrogen (secondary N) is 2. The van der Waals surface area contributed by atoms with E-state index >= 15 is 0 Å². The van der Waals surface area contributed by atoms with Crippen LogP contribution in [0.4, 0.5) is 17.1 Å². The predicted molar refractivity (Wildman–Crippen MR) is 69.8 cm³/mol. The highest BCUT2D eigenvalue weighted by Gasteiger charge is 2.21. The van der Waals surface area contributed by atoms with E-state index in [2.05, 4.69) is 10.6 Å². The molecule has 1 aliphatic heterocycles. The summed E-state index contributed by atoms with van der Waals surface area (Å²) >= 11 is 0. The molecule has 0 spiro atoms. The second-order valence-electron chi connectivity index (χ2n) is 4.94. The summed E-state index contributed by atoms with van der Waals surface area (Å²) in [4.78, 5) is 11.2. The lowest BCUT2D eigenvalue weighted by atomic mass is 10.1. The Balaban J connectivity index is 2.32. The lowest BCUT2D eigenvalue weighted by Gasteiger charge is -2.27. The first-order valence-corrected chi connectivity index (χ1v) is 5.66. The highest BCUT2D eigenvalue weighted by Crippen LogP contribution is 2.36. The number of anilines is 3. The maximum absolute atomic E-state index is 11.2. The smallest absolute Gasteiger partial charge is 0.262 e. The molecule has 1 amide bonds. The van der Waals surface area contributed by atoms with Crippen LogP contribution >= 0.6 is 0 Å². The standard InChI is InChI=1S/C12H17N3O3/c1-12(2,6-16)15-8-4-9-10(3-7(8)13)18-5-11(17)14-9/h3-4,15-16H,5-6,13H2,1-2H3,(H,14,17). The normalized spacial score (nSPS) is 14.5. The van der Waals surface area contributed by atoms with Crippen LogP contribution in [0.3, 0.4) is 0 Å². The molecule has 0 aliphatic carbocycles. The van der Waals surface area contributed by atoms with Gasteiger partial charge >= 0.3 is 0 Å². The second kappa shape index (κ2) is 4.38. The molecule has 98 valence electrons. The average Bonchev–Trinajstić information content (AvgIpc) is 2.30.